The van der Waals surface area contributed by atoms with Crippen LogP contribution in [0.25, 0.3) is 0 Å². The molecule has 70 valence electrons. The summed E-state index contributed by atoms with van der Waals surface area (Å²) in [6.45, 7) is 3.86. The Morgan fingerprint density at radius 2 is 2.08 bits per heavy atom. The Balaban J connectivity index is 2.28. The minimum Gasteiger partial charge on any atom is -0.350 e. The van der Waals surface area contributed by atoms with E-state index >= 15 is 0 Å². The molecule has 0 bridgehead atoms. The number of hydrogen-bond donors (Lipinski definition) is 3. The van der Waals surface area contributed by atoms with E-state index in [1.165, 1.54) is 0 Å². The summed E-state index contributed by atoms with van der Waals surface area (Å²) in [7, 11) is 0. The molecule has 4 heteroatoms. The Morgan fingerprint density at radius 3 is 2.42 bits per heavy atom. The second-order valence-electron chi connectivity index (χ2n) is 3.78. The van der Waals surface area contributed by atoms with Gasteiger partial charge in [0.15, 0.2) is 0 Å². The minimum atomic E-state index is -0.405. The van der Waals surface area contributed by atoms with E-state index in [9.17, 15) is 4.79 Å². The average Bonchev–Trinajstić information content (AvgIpc) is 2.64. The summed E-state index contributed by atoms with van der Waals surface area (Å²) in [5.41, 5.74) is 11.2. The van der Waals surface area contributed by atoms with Crippen molar-refractivity contribution in [3.8, 4) is 0 Å². The van der Waals surface area contributed by atoms with Crippen LogP contribution in [-0.2, 0) is 4.79 Å². The second-order valence-corrected chi connectivity index (χ2v) is 3.78. The van der Waals surface area contributed by atoms with Gasteiger partial charge in [-0.3, -0.25) is 4.79 Å². The maximum atomic E-state index is 11.3. The van der Waals surface area contributed by atoms with Gasteiger partial charge in [-0.15, -0.1) is 0 Å². The quantitative estimate of drug-likeness (QED) is 0.519. The van der Waals surface area contributed by atoms with Crippen molar-refractivity contribution in [3.05, 3.63) is 0 Å². The Hall–Kier alpha value is -0.610. The topological polar surface area (TPSA) is 81.1 Å². The molecular weight excluding hydrogens is 154 g/mol. The first kappa shape index (κ1) is 9.48. The molecule has 5 N–H and O–H groups in total. The van der Waals surface area contributed by atoms with Crippen molar-refractivity contribution in [1.29, 1.82) is 0 Å². The van der Waals surface area contributed by atoms with Gasteiger partial charge in [0.2, 0.25) is 5.91 Å². The first-order chi connectivity index (χ1) is 5.52. The molecule has 0 heterocycles. The van der Waals surface area contributed by atoms with Crippen LogP contribution in [0.15, 0.2) is 0 Å². The van der Waals surface area contributed by atoms with E-state index in [0.717, 1.165) is 6.42 Å². The fourth-order valence-electron chi connectivity index (χ4n) is 0.962. The van der Waals surface area contributed by atoms with Gasteiger partial charge >= 0.3 is 0 Å². The fraction of sp³-hybridized carbons (Fsp3) is 0.875. The highest BCUT2D eigenvalue weighted by atomic mass is 16.2. The molecule has 0 aromatic rings. The third-order valence-electron chi connectivity index (χ3n) is 2.19. The Bertz CT molecular complexity index is 181. The molecule has 4 nitrogen and oxygen atoms in total. The number of rotatable bonds is 3. The van der Waals surface area contributed by atoms with Crippen LogP contribution in [0.1, 0.15) is 20.3 Å². The van der Waals surface area contributed by atoms with Crippen LogP contribution in [0.4, 0.5) is 0 Å². The Morgan fingerprint density at radius 1 is 1.58 bits per heavy atom. The predicted octanol–water partition coefficient (Wildman–Crippen LogP) is -0.814. The number of carbonyl (C=O) groups is 1. The molecule has 1 aliphatic carbocycles. The normalized spacial score (nSPS) is 30.1. The summed E-state index contributed by atoms with van der Waals surface area (Å²) in [5.74, 6) is 0.0999. The molecule has 0 radical (unpaired) electrons. The van der Waals surface area contributed by atoms with Crippen molar-refractivity contribution in [1.82, 2.24) is 5.32 Å². The fourth-order valence-corrected chi connectivity index (χ4v) is 0.962. The smallest absolute Gasteiger partial charge is 0.237 e. The number of nitrogens with one attached hydrogen (secondary N) is 1. The van der Waals surface area contributed by atoms with Gasteiger partial charge in [0.1, 0.15) is 0 Å². The van der Waals surface area contributed by atoms with Crippen LogP contribution >= 0.6 is 0 Å². The van der Waals surface area contributed by atoms with Crippen LogP contribution in [-0.4, -0.2) is 24.0 Å². The van der Waals surface area contributed by atoms with Crippen molar-refractivity contribution in [3.63, 3.8) is 0 Å². The monoisotopic (exact) mass is 171 g/mol. The van der Waals surface area contributed by atoms with Crippen molar-refractivity contribution in [2.45, 2.75) is 38.4 Å². The van der Waals surface area contributed by atoms with Gasteiger partial charge in [0.05, 0.1) is 6.04 Å². The number of carbonyl (C=O) groups excluding carboxylic acids is 1. The first-order valence-electron chi connectivity index (χ1n) is 4.34. The molecule has 3 atom stereocenters. The molecule has 1 amide bonds. The highest BCUT2D eigenvalue weighted by Crippen LogP contribution is 2.17. The second kappa shape index (κ2) is 3.41. The molecule has 0 aliphatic heterocycles. The maximum Gasteiger partial charge on any atom is 0.237 e. The van der Waals surface area contributed by atoms with E-state index in [4.69, 9.17) is 11.5 Å². The van der Waals surface area contributed by atoms with Gasteiger partial charge in [-0.25, -0.2) is 0 Å². The van der Waals surface area contributed by atoms with Gasteiger partial charge in [0, 0.05) is 12.1 Å². The van der Waals surface area contributed by atoms with Crippen LogP contribution in [0, 0.1) is 5.92 Å². The molecule has 2 unspecified atom stereocenters. The van der Waals surface area contributed by atoms with E-state index in [1.807, 2.05) is 13.8 Å². The maximum absolute atomic E-state index is 11.3. The molecule has 1 aliphatic rings. The van der Waals surface area contributed by atoms with Crippen LogP contribution < -0.4 is 16.8 Å². The molecule has 0 spiro atoms. The Kier molecular flexibility index (Phi) is 2.69. The molecule has 12 heavy (non-hydrogen) atoms. The van der Waals surface area contributed by atoms with Crippen molar-refractivity contribution in [2.75, 3.05) is 0 Å². The van der Waals surface area contributed by atoms with Gasteiger partial charge in [-0.2, -0.15) is 0 Å². The number of amides is 1. The third kappa shape index (κ3) is 2.19. The molecule has 0 aromatic heterocycles. The first-order valence-corrected chi connectivity index (χ1v) is 4.34. The molecular formula is C8H17N3O. The molecule has 0 aromatic carbocycles. The number of nitrogens with two attached hydrogens (primary N) is 2. The lowest BCUT2D eigenvalue weighted by Crippen LogP contribution is -2.45. The third-order valence-corrected chi connectivity index (χ3v) is 2.19. The van der Waals surface area contributed by atoms with Crippen molar-refractivity contribution in [2.24, 2.45) is 17.4 Å². The van der Waals surface area contributed by atoms with Gasteiger partial charge < -0.3 is 16.8 Å². The van der Waals surface area contributed by atoms with E-state index in [-0.39, 0.29) is 23.9 Å². The predicted molar refractivity (Wildman–Crippen MR) is 47.3 cm³/mol. The lowest BCUT2D eigenvalue weighted by Gasteiger charge is -2.14. The SMILES string of the molecule is CC(C)[C@H](N)C(=O)NC1CC1N. The van der Waals surface area contributed by atoms with E-state index in [1.54, 1.807) is 0 Å². The summed E-state index contributed by atoms with van der Waals surface area (Å²) in [4.78, 5) is 11.3. The lowest BCUT2D eigenvalue weighted by molar-refractivity contribution is -0.123. The van der Waals surface area contributed by atoms with Crippen LogP contribution in [0.5, 0.6) is 0 Å². The molecule has 1 fully saturated rings. The zero-order chi connectivity index (χ0) is 9.30. The summed E-state index contributed by atoms with van der Waals surface area (Å²) in [6.07, 6.45) is 0.885. The minimum absolute atomic E-state index is 0.0806. The van der Waals surface area contributed by atoms with Gasteiger partial charge in [-0.05, 0) is 12.3 Å². The highest BCUT2D eigenvalue weighted by molar-refractivity contribution is 5.82. The highest BCUT2D eigenvalue weighted by Gasteiger charge is 2.35. The van der Waals surface area contributed by atoms with E-state index in [0.29, 0.717) is 0 Å². The van der Waals surface area contributed by atoms with E-state index in [2.05, 4.69) is 5.32 Å². The zero-order valence-electron chi connectivity index (χ0n) is 7.58. The average molecular weight is 171 g/mol. The van der Waals surface area contributed by atoms with Gasteiger partial charge in [0.25, 0.3) is 0 Å². The van der Waals surface area contributed by atoms with Crippen molar-refractivity contribution >= 4 is 5.91 Å². The van der Waals surface area contributed by atoms with Crippen LogP contribution in [0.2, 0.25) is 0 Å². The lowest BCUT2D eigenvalue weighted by atomic mass is 10.1. The molecule has 1 saturated carbocycles. The molecule has 1 rings (SSSR count). The summed E-state index contributed by atoms with van der Waals surface area (Å²) in [6, 6.07) is -0.0894. The summed E-state index contributed by atoms with van der Waals surface area (Å²) < 4.78 is 0. The largest absolute Gasteiger partial charge is 0.350 e. The van der Waals surface area contributed by atoms with Crippen molar-refractivity contribution < 1.29 is 4.79 Å². The Labute approximate surface area is 72.7 Å². The zero-order valence-corrected chi connectivity index (χ0v) is 7.58. The summed E-state index contributed by atoms with van der Waals surface area (Å²) in [5, 5.41) is 2.80. The van der Waals surface area contributed by atoms with Crippen LogP contribution in [0.3, 0.4) is 0 Å². The van der Waals surface area contributed by atoms with E-state index < -0.39 is 6.04 Å². The van der Waals surface area contributed by atoms with Gasteiger partial charge in [-0.1, -0.05) is 13.8 Å². The number of hydrogen-bond acceptors (Lipinski definition) is 3. The molecule has 0 saturated heterocycles. The summed E-state index contributed by atoms with van der Waals surface area (Å²) >= 11 is 0. The standard InChI is InChI=1S/C8H17N3O/c1-4(2)7(10)8(12)11-6-3-5(6)9/h4-7H,3,9-10H2,1-2H3,(H,11,12)/t5?,6?,7-/m0/s1.